The maximum absolute atomic E-state index is 11.9. The Morgan fingerprint density at radius 3 is 3.05 bits per heavy atom. The lowest BCUT2D eigenvalue weighted by atomic mass is 10.0. The molecule has 0 radical (unpaired) electrons. The molecule has 7 nitrogen and oxygen atoms in total. The number of esters is 1. The van der Waals surface area contributed by atoms with Crippen LogP contribution in [0.1, 0.15) is 47.6 Å². The van der Waals surface area contributed by atoms with E-state index in [1.54, 1.807) is 6.92 Å². The lowest BCUT2D eigenvalue weighted by Gasteiger charge is -2.25. The molecule has 0 aromatic carbocycles. The van der Waals surface area contributed by atoms with Crippen molar-refractivity contribution in [3.8, 4) is 5.75 Å². The minimum atomic E-state index is -1.95. The maximum atomic E-state index is 11.9. The Bertz CT molecular complexity index is 564. The highest BCUT2D eigenvalue weighted by Gasteiger charge is 2.38. The van der Waals surface area contributed by atoms with Gasteiger partial charge in [-0.05, 0) is 19.8 Å². The van der Waals surface area contributed by atoms with Crippen LogP contribution in [0, 0.1) is 0 Å². The average Bonchev–Trinajstić information content (AvgIpc) is 2.82. The third kappa shape index (κ3) is 2.74. The molecule has 8 heteroatoms. The van der Waals surface area contributed by atoms with Crippen LogP contribution in [0.2, 0.25) is 0 Å². The molecule has 1 aromatic heterocycles. The molecule has 1 saturated heterocycles. The van der Waals surface area contributed by atoms with Crippen LogP contribution in [0.25, 0.3) is 0 Å². The van der Waals surface area contributed by atoms with Crippen molar-refractivity contribution in [2.75, 3.05) is 6.61 Å². The van der Waals surface area contributed by atoms with Crippen molar-refractivity contribution in [3.05, 3.63) is 23.0 Å². The third-order valence-electron chi connectivity index (χ3n) is 3.68. The molecule has 0 saturated carbocycles. The Kier molecular flexibility index (Phi) is 3.84. The lowest BCUT2D eigenvalue weighted by Crippen LogP contribution is -2.26. The van der Waals surface area contributed by atoms with Gasteiger partial charge in [-0.1, -0.05) is 0 Å². The zero-order valence-corrected chi connectivity index (χ0v) is 11.6. The van der Waals surface area contributed by atoms with Gasteiger partial charge in [0.1, 0.15) is 11.9 Å². The molecule has 2 N–H and O–H groups in total. The molecule has 3 heterocycles. The molecule has 1 aromatic rings. The van der Waals surface area contributed by atoms with Crippen LogP contribution in [0.15, 0.2) is 6.07 Å². The van der Waals surface area contributed by atoms with Gasteiger partial charge < -0.3 is 24.2 Å². The van der Waals surface area contributed by atoms with Crippen molar-refractivity contribution in [3.63, 3.8) is 0 Å². The largest absolute Gasteiger partial charge is 0.707 e. The summed E-state index contributed by atoms with van der Waals surface area (Å²) < 4.78 is 15.7. The Balaban J connectivity index is 2.03. The van der Waals surface area contributed by atoms with Gasteiger partial charge in [-0.25, -0.2) is 9.78 Å². The van der Waals surface area contributed by atoms with Gasteiger partial charge in [-0.15, -0.1) is 0 Å². The molecule has 2 aliphatic rings. The molecule has 2 unspecified atom stereocenters. The second-order valence-electron chi connectivity index (χ2n) is 5.06. The van der Waals surface area contributed by atoms with Crippen molar-refractivity contribution in [2.24, 2.45) is 0 Å². The highest BCUT2D eigenvalue weighted by atomic mass is 16.6. The number of fused-ring (bicyclic) bond motifs is 4. The topological polar surface area (TPSA) is 98.1 Å². The standard InChI is InChI=1S/C13H16BNO6/c1-2-19-13(16)9-6-11(21-14(17)18)8-5-7-3-4-10(20-7)12(8)15-9/h6-7,10,17-18H,2-5H2,1H3. The number of carbonyl (C=O) groups excluding carboxylic acids is 1. The summed E-state index contributed by atoms with van der Waals surface area (Å²) in [7, 11) is -1.95. The highest BCUT2D eigenvalue weighted by Crippen LogP contribution is 2.43. The van der Waals surface area contributed by atoms with Crippen LogP contribution in [0.5, 0.6) is 5.75 Å². The Morgan fingerprint density at radius 2 is 2.33 bits per heavy atom. The van der Waals surface area contributed by atoms with Crippen molar-refractivity contribution in [2.45, 2.75) is 38.4 Å². The van der Waals surface area contributed by atoms with Crippen LogP contribution >= 0.6 is 0 Å². The fourth-order valence-corrected chi connectivity index (χ4v) is 2.85. The summed E-state index contributed by atoms with van der Waals surface area (Å²) in [6.45, 7) is 1.94. The number of rotatable bonds is 4. The highest BCUT2D eigenvalue weighted by molar-refractivity contribution is 6.33. The van der Waals surface area contributed by atoms with E-state index in [0.29, 0.717) is 12.1 Å². The molecule has 3 rings (SSSR count). The molecule has 0 spiro atoms. The van der Waals surface area contributed by atoms with Gasteiger partial charge in [0.2, 0.25) is 0 Å². The number of hydrogen-bond donors (Lipinski definition) is 2. The van der Waals surface area contributed by atoms with E-state index in [4.69, 9.17) is 24.2 Å². The van der Waals surface area contributed by atoms with Gasteiger partial charge in [-0.3, -0.25) is 0 Å². The monoisotopic (exact) mass is 293 g/mol. The maximum Gasteiger partial charge on any atom is 0.707 e. The van der Waals surface area contributed by atoms with Gasteiger partial charge >= 0.3 is 13.3 Å². The Labute approximate surface area is 122 Å². The van der Waals surface area contributed by atoms with E-state index < -0.39 is 13.3 Å². The molecule has 21 heavy (non-hydrogen) atoms. The SMILES string of the molecule is CCOC(=O)c1cc(OB(O)O)c2c(n1)C1CCC(C2)O1. The molecule has 2 bridgehead atoms. The van der Waals surface area contributed by atoms with Crippen LogP contribution in [-0.2, 0) is 15.9 Å². The Morgan fingerprint density at radius 1 is 1.52 bits per heavy atom. The molecular formula is C13H16BNO6. The predicted octanol–water partition coefficient (Wildman–Crippen LogP) is 0.383. The molecule has 112 valence electrons. The van der Waals surface area contributed by atoms with E-state index in [2.05, 4.69) is 4.98 Å². The smallest absolute Gasteiger partial charge is 0.512 e. The van der Waals surface area contributed by atoms with Gasteiger partial charge in [0.05, 0.1) is 18.4 Å². The molecule has 0 aliphatic carbocycles. The zero-order valence-electron chi connectivity index (χ0n) is 11.6. The van der Waals surface area contributed by atoms with Gasteiger partial charge in [0, 0.05) is 18.1 Å². The molecule has 2 aliphatic heterocycles. The number of hydrogen-bond acceptors (Lipinski definition) is 7. The summed E-state index contributed by atoms with van der Waals surface area (Å²) in [6.07, 6.45) is 2.25. The fraction of sp³-hybridized carbons (Fsp3) is 0.538. The number of nitrogens with zero attached hydrogens (tertiary/aromatic N) is 1. The van der Waals surface area contributed by atoms with Crippen molar-refractivity contribution in [1.29, 1.82) is 0 Å². The number of carbonyl (C=O) groups is 1. The van der Waals surface area contributed by atoms with Crippen molar-refractivity contribution in [1.82, 2.24) is 4.98 Å². The van der Waals surface area contributed by atoms with Gasteiger partial charge in [0.15, 0.2) is 5.69 Å². The van der Waals surface area contributed by atoms with E-state index in [9.17, 15) is 4.79 Å². The van der Waals surface area contributed by atoms with E-state index in [0.717, 1.165) is 18.4 Å². The predicted molar refractivity (Wildman–Crippen MR) is 71.6 cm³/mol. The van der Waals surface area contributed by atoms with Crippen molar-refractivity contribution >= 4 is 13.3 Å². The number of ether oxygens (including phenoxy) is 2. The van der Waals surface area contributed by atoms with Crippen LogP contribution in [0.4, 0.5) is 0 Å². The molecule has 1 fully saturated rings. The lowest BCUT2D eigenvalue weighted by molar-refractivity contribution is 0.0282. The van der Waals surface area contributed by atoms with E-state index in [-0.39, 0.29) is 30.3 Å². The second-order valence-corrected chi connectivity index (χ2v) is 5.06. The molecular weight excluding hydrogens is 277 g/mol. The quantitative estimate of drug-likeness (QED) is 0.611. The first-order chi connectivity index (χ1) is 10.1. The second kappa shape index (κ2) is 5.63. The summed E-state index contributed by atoms with van der Waals surface area (Å²) in [5, 5.41) is 18.1. The van der Waals surface area contributed by atoms with E-state index in [1.165, 1.54) is 6.07 Å². The summed E-state index contributed by atoms with van der Waals surface area (Å²) in [4.78, 5) is 16.2. The molecule has 2 atom stereocenters. The van der Waals surface area contributed by atoms with Crippen LogP contribution in [0.3, 0.4) is 0 Å². The minimum absolute atomic E-state index is 0.0835. The first-order valence-electron chi connectivity index (χ1n) is 6.97. The number of aromatic nitrogens is 1. The summed E-state index contributed by atoms with van der Waals surface area (Å²) in [5.74, 6) is -0.323. The summed E-state index contributed by atoms with van der Waals surface area (Å²) >= 11 is 0. The van der Waals surface area contributed by atoms with Crippen LogP contribution in [-0.4, -0.2) is 41.0 Å². The van der Waals surface area contributed by atoms with Crippen LogP contribution < -0.4 is 4.65 Å². The Hall–Kier alpha value is -1.64. The minimum Gasteiger partial charge on any atom is -0.512 e. The van der Waals surface area contributed by atoms with Crippen molar-refractivity contribution < 1.29 is 29.0 Å². The molecule has 0 amide bonds. The summed E-state index contributed by atoms with van der Waals surface area (Å²) in [6, 6.07) is 1.39. The first-order valence-corrected chi connectivity index (χ1v) is 6.97. The number of pyridine rings is 1. The zero-order chi connectivity index (χ0) is 15.0. The van der Waals surface area contributed by atoms with Gasteiger partial charge in [-0.2, -0.15) is 0 Å². The first kappa shape index (κ1) is 14.3. The van der Waals surface area contributed by atoms with Gasteiger partial charge in [0.25, 0.3) is 0 Å². The third-order valence-corrected chi connectivity index (χ3v) is 3.68. The fourth-order valence-electron chi connectivity index (χ4n) is 2.85. The average molecular weight is 293 g/mol. The van der Waals surface area contributed by atoms with E-state index in [1.807, 2.05) is 0 Å². The summed E-state index contributed by atoms with van der Waals surface area (Å²) in [5.41, 5.74) is 1.49. The normalized spacial score (nSPS) is 22.6. The van der Waals surface area contributed by atoms with E-state index >= 15 is 0 Å².